The molecule has 1 aromatic carbocycles. The van der Waals surface area contributed by atoms with Gasteiger partial charge in [0, 0.05) is 29.3 Å². The van der Waals surface area contributed by atoms with Gasteiger partial charge in [-0.3, -0.25) is 0 Å². The van der Waals surface area contributed by atoms with Gasteiger partial charge in [0.1, 0.15) is 23.5 Å². The molecule has 0 saturated carbocycles. The Morgan fingerprint density at radius 2 is 2.14 bits per heavy atom. The third-order valence-corrected chi connectivity index (χ3v) is 4.71. The van der Waals surface area contributed by atoms with Gasteiger partial charge < -0.3 is 10.1 Å². The number of benzene rings is 1. The van der Waals surface area contributed by atoms with E-state index in [1.54, 1.807) is 0 Å². The molecule has 0 aromatic heterocycles. The summed E-state index contributed by atoms with van der Waals surface area (Å²) >= 11 is 3.70. The van der Waals surface area contributed by atoms with Gasteiger partial charge in [-0.15, -0.1) is 12.6 Å². The van der Waals surface area contributed by atoms with Gasteiger partial charge in [0.25, 0.3) is 0 Å². The highest BCUT2D eigenvalue weighted by Crippen LogP contribution is 2.42. The predicted octanol–water partition coefficient (Wildman–Crippen LogP) is 3.71. The van der Waals surface area contributed by atoms with Crippen LogP contribution in [-0.2, 0) is 4.74 Å². The topological polar surface area (TPSA) is 21.3 Å². The Kier molecular flexibility index (Phi) is 4.84. The first-order valence-electron chi connectivity index (χ1n) is 7.53. The van der Waals surface area contributed by atoms with E-state index in [1.165, 1.54) is 24.7 Å². The van der Waals surface area contributed by atoms with Crippen LogP contribution in [0.15, 0.2) is 47.1 Å². The van der Waals surface area contributed by atoms with Gasteiger partial charge in [0.05, 0.1) is 0 Å². The number of hydrogen-bond acceptors (Lipinski definition) is 3. The Morgan fingerprint density at radius 3 is 2.91 bits per heavy atom. The van der Waals surface area contributed by atoms with Crippen LogP contribution in [0.1, 0.15) is 12.8 Å². The van der Waals surface area contributed by atoms with Crippen molar-refractivity contribution in [2.45, 2.75) is 23.8 Å². The Balaban J connectivity index is 0.000000142. The molecule has 2 aliphatic heterocycles. The third-order valence-electron chi connectivity index (χ3n) is 4.34. The van der Waals surface area contributed by atoms with Crippen LogP contribution in [-0.4, -0.2) is 19.2 Å². The highest BCUT2D eigenvalue weighted by molar-refractivity contribution is 7.80. The van der Waals surface area contributed by atoms with E-state index in [9.17, 15) is 8.78 Å². The minimum Gasteiger partial charge on any atom is -0.493 e. The minimum atomic E-state index is -0.627. The number of allylic oxidation sites excluding steroid dienone is 4. The van der Waals surface area contributed by atoms with Crippen LogP contribution in [0.5, 0.6) is 0 Å². The third kappa shape index (κ3) is 3.36. The van der Waals surface area contributed by atoms with Gasteiger partial charge in [0.15, 0.2) is 0 Å². The molecule has 1 aliphatic carbocycles. The van der Waals surface area contributed by atoms with Crippen molar-refractivity contribution in [1.29, 1.82) is 0 Å². The number of hydrogen-bond donors (Lipinski definition) is 2. The Morgan fingerprint density at radius 1 is 1.27 bits per heavy atom. The maximum atomic E-state index is 12.3. The number of halogens is 2. The first-order chi connectivity index (χ1) is 10.6. The van der Waals surface area contributed by atoms with Crippen LogP contribution in [0.25, 0.3) is 0 Å². The molecule has 2 fully saturated rings. The molecule has 1 N–H and O–H groups in total. The molecule has 0 radical (unpaired) electrons. The predicted molar refractivity (Wildman–Crippen MR) is 84.8 cm³/mol. The molecule has 5 heteroatoms. The number of thiol groups is 1. The fourth-order valence-corrected chi connectivity index (χ4v) is 3.38. The highest BCUT2D eigenvalue weighted by Gasteiger charge is 2.42. The molecule has 0 amide bonds. The average molecular weight is 323 g/mol. The van der Waals surface area contributed by atoms with E-state index in [2.05, 4.69) is 36.2 Å². The molecular formula is C17H19F2NOS. The van der Waals surface area contributed by atoms with E-state index in [0.29, 0.717) is 12.0 Å². The quantitative estimate of drug-likeness (QED) is 0.710. The molecule has 0 spiro atoms. The van der Waals surface area contributed by atoms with Crippen molar-refractivity contribution >= 4 is 12.6 Å². The first kappa shape index (κ1) is 15.6. The summed E-state index contributed by atoms with van der Waals surface area (Å²) < 4.78 is 30.3. The van der Waals surface area contributed by atoms with Crippen LogP contribution in [0.2, 0.25) is 0 Å². The smallest absolute Gasteiger partial charge is 0.139 e. The normalized spacial score (nSPS) is 28.7. The Labute approximate surface area is 134 Å². The number of nitrogens with one attached hydrogen (secondary N) is 1. The Bertz CT molecular complexity index is 602. The second kappa shape index (κ2) is 6.84. The molecule has 118 valence electrons. The molecule has 2 heterocycles. The van der Waals surface area contributed by atoms with Crippen LogP contribution >= 0.6 is 12.6 Å². The van der Waals surface area contributed by atoms with Crippen molar-refractivity contribution in [1.82, 2.24) is 5.32 Å². The lowest BCUT2D eigenvalue weighted by Gasteiger charge is -2.26. The number of ether oxygens (including phenoxy) is 1. The number of piperidine rings is 1. The van der Waals surface area contributed by atoms with Crippen molar-refractivity contribution < 1.29 is 13.5 Å². The summed E-state index contributed by atoms with van der Waals surface area (Å²) in [6.07, 6.45) is 9.45. The molecule has 4 rings (SSSR count). The standard InChI is InChI=1S/C11H15NO.C6H4F2S/c1-2-4-10-8(3-1)9-5-6-12-7-11(9)13-10;7-4-1-2-6(9)5(8)3-4/h1-2,4,8-9,11-12H,3,5-7H2;1-3,9H. The molecule has 3 atom stereocenters. The molecule has 0 bridgehead atoms. The summed E-state index contributed by atoms with van der Waals surface area (Å²) in [5, 5.41) is 3.39. The number of fused-ring (bicyclic) bond motifs is 3. The Hall–Kier alpha value is -1.33. The van der Waals surface area contributed by atoms with Crippen molar-refractivity contribution in [3.8, 4) is 0 Å². The number of rotatable bonds is 0. The largest absolute Gasteiger partial charge is 0.493 e. The van der Waals surface area contributed by atoms with Crippen molar-refractivity contribution in [2.24, 2.45) is 11.8 Å². The van der Waals surface area contributed by atoms with Crippen LogP contribution in [0.3, 0.4) is 0 Å². The van der Waals surface area contributed by atoms with Crippen molar-refractivity contribution in [3.05, 3.63) is 53.8 Å². The molecule has 3 aliphatic rings. The van der Waals surface area contributed by atoms with E-state index >= 15 is 0 Å². The zero-order chi connectivity index (χ0) is 15.5. The highest BCUT2D eigenvalue weighted by atomic mass is 32.1. The summed E-state index contributed by atoms with van der Waals surface area (Å²) in [5.74, 6) is 1.50. The van der Waals surface area contributed by atoms with Crippen LogP contribution in [0, 0.1) is 23.5 Å². The van der Waals surface area contributed by atoms with E-state index in [-0.39, 0.29) is 4.90 Å². The maximum Gasteiger partial charge on any atom is 0.139 e. The summed E-state index contributed by atoms with van der Waals surface area (Å²) in [7, 11) is 0. The molecule has 3 unspecified atom stereocenters. The van der Waals surface area contributed by atoms with Gasteiger partial charge in [-0.25, -0.2) is 8.78 Å². The van der Waals surface area contributed by atoms with Crippen LogP contribution < -0.4 is 5.32 Å². The summed E-state index contributed by atoms with van der Waals surface area (Å²) in [4.78, 5) is 0.163. The first-order valence-corrected chi connectivity index (χ1v) is 7.98. The fraction of sp³-hybridized carbons (Fsp3) is 0.412. The van der Waals surface area contributed by atoms with E-state index < -0.39 is 11.6 Å². The average Bonchev–Trinajstić information content (AvgIpc) is 2.91. The SMILES string of the molecule is C1=CCC2C(=C1)OC1CNCCC12.Fc1ccc(S)c(F)c1. The zero-order valence-electron chi connectivity index (χ0n) is 12.1. The lowest BCUT2D eigenvalue weighted by molar-refractivity contribution is 0.108. The van der Waals surface area contributed by atoms with E-state index in [0.717, 1.165) is 31.1 Å². The van der Waals surface area contributed by atoms with Gasteiger partial charge >= 0.3 is 0 Å². The molecule has 2 nitrogen and oxygen atoms in total. The fourth-order valence-electron chi connectivity index (χ4n) is 3.24. The van der Waals surface area contributed by atoms with Gasteiger partial charge in [-0.05, 0) is 37.6 Å². The maximum absolute atomic E-state index is 12.3. The lowest BCUT2D eigenvalue weighted by Crippen LogP contribution is -2.39. The summed E-state index contributed by atoms with van der Waals surface area (Å²) in [6, 6.07) is 3.22. The van der Waals surface area contributed by atoms with Gasteiger partial charge in [-0.1, -0.05) is 12.2 Å². The van der Waals surface area contributed by atoms with E-state index in [1.807, 2.05) is 0 Å². The molecule has 2 saturated heterocycles. The van der Waals surface area contributed by atoms with Gasteiger partial charge in [-0.2, -0.15) is 0 Å². The molecule has 1 aromatic rings. The summed E-state index contributed by atoms with van der Waals surface area (Å²) in [5.41, 5.74) is 0. The minimum absolute atomic E-state index is 0.163. The van der Waals surface area contributed by atoms with Crippen molar-refractivity contribution in [2.75, 3.05) is 13.1 Å². The monoisotopic (exact) mass is 323 g/mol. The van der Waals surface area contributed by atoms with Crippen molar-refractivity contribution in [3.63, 3.8) is 0 Å². The molecule has 22 heavy (non-hydrogen) atoms. The summed E-state index contributed by atoms with van der Waals surface area (Å²) in [6.45, 7) is 2.20. The lowest BCUT2D eigenvalue weighted by atomic mass is 9.81. The molecular weight excluding hydrogens is 304 g/mol. The zero-order valence-corrected chi connectivity index (χ0v) is 13.0. The second-order valence-electron chi connectivity index (χ2n) is 5.75. The van der Waals surface area contributed by atoms with Crippen LogP contribution in [0.4, 0.5) is 8.78 Å². The van der Waals surface area contributed by atoms with E-state index in [4.69, 9.17) is 4.74 Å². The van der Waals surface area contributed by atoms with Gasteiger partial charge in [0.2, 0.25) is 0 Å². The second-order valence-corrected chi connectivity index (χ2v) is 6.23.